The number of sulfone groups is 1. The molecule has 20 heavy (non-hydrogen) atoms. The summed E-state index contributed by atoms with van der Waals surface area (Å²) in [6.07, 6.45) is 2.00. The van der Waals surface area contributed by atoms with Crippen LogP contribution in [0, 0.1) is 5.92 Å². The largest absolute Gasteiger partial charge is 0.304 e. The highest BCUT2D eigenvalue weighted by Crippen LogP contribution is 2.24. The van der Waals surface area contributed by atoms with Gasteiger partial charge in [-0.25, -0.2) is 8.42 Å². The molecule has 0 saturated carbocycles. The predicted octanol–water partition coefficient (Wildman–Crippen LogP) is 2.38. The molecule has 1 aromatic rings. The number of para-hydroxylation sites is 1. The lowest BCUT2D eigenvalue weighted by Crippen LogP contribution is -2.41. The molecule has 0 fully saturated rings. The third-order valence-electron chi connectivity index (χ3n) is 3.13. The Hall–Kier alpha value is -1.62. The van der Waals surface area contributed by atoms with Gasteiger partial charge >= 0.3 is 0 Å². The summed E-state index contributed by atoms with van der Waals surface area (Å²) in [5, 5.41) is 1.20. The van der Waals surface area contributed by atoms with Crippen LogP contribution < -0.4 is 4.90 Å². The van der Waals surface area contributed by atoms with Crippen molar-refractivity contribution in [3.63, 3.8) is 0 Å². The summed E-state index contributed by atoms with van der Waals surface area (Å²) in [6, 6.07) is 8.81. The Kier molecular flexibility index (Phi) is 4.28. The second-order valence-electron chi connectivity index (χ2n) is 5.42. The normalized spacial score (nSPS) is 20.2. The molecule has 1 aromatic carbocycles. The van der Waals surface area contributed by atoms with E-state index in [1.54, 1.807) is 11.0 Å². The van der Waals surface area contributed by atoms with E-state index in [0.29, 0.717) is 6.42 Å². The smallest absolute Gasteiger partial charge is 0.227 e. The van der Waals surface area contributed by atoms with E-state index in [9.17, 15) is 13.2 Å². The van der Waals surface area contributed by atoms with Gasteiger partial charge in [-0.15, -0.1) is 0 Å². The summed E-state index contributed by atoms with van der Waals surface area (Å²) >= 11 is 0. The first-order valence-corrected chi connectivity index (χ1v) is 8.38. The van der Waals surface area contributed by atoms with Gasteiger partial charge in [0.05, 0.1) is 11.8 Å². The Morgan fingerprint density at radius 3 is 2.45 bits per heavy atom. The number of amides is 1. The molecule has 1 atom stereocenters. The van der Waals surface area contributed by atoms with Crippen molar-refractivity contribution in [1.82, 2.24) is 0 Å². The molecule has 0 radical (unpaired) electrons. The van der Waals surface area contributed by atoms with Gasteiger partial charge in [0.1, 0.15) is 0 Å². The number of hydrogen-bond donors (Lipinski definition) is 0. The SMILES string of the molecule is CC(C)CC(=O)N(c1ccccc1)C1C=CS(=O)(=O)C1. The van der Waals surface area contributed by atoms with Gasteiger partial charge in [-0.05, 0) is 24.1 Å². The standard InChI is InChI=1S/C15H19NO3S/c1-12(2)10-15(17)16(13-6-4-3-5-7-13)14-8-9-20(18,19)11-14/h3-9,12,14H,10-11H2,1-2H3. The van der Waals surface area contributed by atoms with Crippen molar-refractivity contribution in [1.29, 1.82) is 0 Å². The molecule has 2 rings (SSSR count). The van der Waals surface area contributed by atoms with E-state index in [2.05, 4.69) is 0 Å². The Morgan fingerprint density at radius 2 is 1.95 bits per heavy atom. The van der Waals surface area contributed by atoms with Crippen molar-refractivity contribution in [3.05, 3.63) is 41.8 Å². The average Bonchev–Trinajstić information content (AvgIpc) is 2.70. The van der Waals surface area contributed by atoms with Crippen LogP contribution in [-0.4, -0.2) is 26.1 Å². The number of anilines is 1. The maximum Gasteiger partial charge on any atom is 0.227 e. The molecule has 5 heteroatoms. The van der Waals surface area contributed by atoms with Crippen molar-refractivity contribution in [2.45, 2.75) is 26.3 Å². The van der Waals surface area contributed by atoms with Crippen LogP contribution in [0.25, 0.3) is 0 Å². The minimum atomic E-state index is -3.18. The van der Waals surface area contributed by atoms with Gasteiger partial charge in [-0.1, -0.05) is 32.0 Å². The number of benzene rings is 1. The molecule has 1 amide bonds. The van der Waals surface area contributed by atoms with E-state index in [-0.39, 0.29) is 17.6 Å². The molecular weight excluding hydrogens is 274 g/mol. The third kappa shape index (κ3) is 3.48. The number of carbonyl (C=O) groups excluding carboxylic acids is 1. The van der Waals surface area contributed by atoms with Crippen LogP contribution in [0.5, 0.6) is 0 Å². The van der Waals surface area contributed by atoms with Crippen molar-refractivity contribution in [2.24, 2.45) is 5.92 Å². The molecule has 4 nitrogen and oxygen atoms in total. The van der Waals surface area contributed by atoms with Crippen LogP contribution in [0.1, 0.15) is 20.3 Å². The predicted molar refractivity (Wildman–Crippen MR) is 80.1 cm³/mol. The molecular formula is C15H19NO3S. The molecule has 0 aromatic heterocycles. The first-order valence-electron chi connectivity index (χ1n) is 6.67. The zero-order chi connectivity index (χ0) is 14.8. The molecule has 0 bridgehead atoms. The van der Waals surface area contributed by atoms with E-state index in [0.717, 1.165) is 5.69 Å². The summed E-state index contributed by atoms with van der Waals surface area (Å²) < 4.78 is 23.2. The highest BCUT2D eigenvalue weighted by molar-refractivity contribution is 7.94. The van der Waals surface area contributed by atoms with Gasteiger partial charge in [0, 0.05) is 17.5 Å². The maximum atomic E-state index is 12.4. The fourth-order valence-electron chi connectivity index (χ4n) is 2.28. The van der Waals surface area contributed by atoms with Crippen molar-refractivity contribution in [3.8, 4) is 0 Å². The second kappa shape index (κ2) is 5.79. The van der Waals surface area contributed by atoms with E-state index in [1.165, 1.54) is 5.41 Å². The fourth-order valence-corrected chi connectivity index (χ4v) is 3.54. The second-order valence-corrected chi connectivity index (χ2v) is 7.35. The lowest BCUT2D eigenvalue weighted by atomic mass is 10.1. The summed E-state index contributed by atoms with van der Waals surface area (Å²) in [7, 11) is -3.18. The van der Waals surface area contributed by atoms with Crippen molar-refractivity contribution >= 4 is 21.4 Å². The molecule has 108 valence electrons. The third-order valence-corrected chi connectivity index (χ3v) is 4.51. The lowest BCUT2D eigenvalue weighted by molar-refractivity contribution is -0.119. The highest BCUT2D eigenvalue weighted by Gasteiger charge is 2.31. The Bertz CT molecular complexity index is 605. The highest BCUT2D eigenvalue weighted by atomic mass is 32.2. The number of nitrogens with zero attached hydrogens (tertiary/aromatic N) is 1. The Morgan fingerprint density at radius 1 is 1.30 bits per heavy atom. The summed E-state index contributed by atoms with van der Waals surface area (Å²) in [5.74, 6) is 0.153. The summed E-state index contributed by atoms with van der Waals surface area (Å²) in [6.45, 7) is 3.95. The van der Waals surface area contributed by atoms with Crippen molar-refractivity contribution in [2.75, 3.05) is 10.7 Å². The quantitative estimate of drug-likeness (QED) is 0.856. The number of hydrogen-bond acceptors (Lipinski definition) is 3. The van der Waals surface area contributed by atoms with Crippen LogP contribution in [0.2, 0.25) is 0 Å². The minimum Gasteiger partial charge on any atom is -0.304 e. The van der Waals surface area contributed by atoms with Crippen LogP contribution >= 0.6 is 0 Å². The number of carbonyl (C=O) groups is 1. The van der Waals surface area contributed by atoms with E-state index >= 15 is 0 Å². The average molecular weight is 293 g/mol. The van der Waals surface area contributed by atoms with E-state index < -0.39 is 15.9 Å². The van der Waals surface area contributed by atoms with Gasteiger partial charge < -0.3 is 4.90 Å². The van der Waals surface area contributed by atoms with Crippen LogP contribution in [0.4, 0.5) is 5.69 Å². The van der Waals surface area contributed by atoms with Gasteiger partial charge in [-0.3, -0.25) is 4.79 Å². The molecule has 1 unspecified atom stereocenters. The number of rotatable bonds is 4. The molecule has 0 aliphatic carbocycles. The molecule has 0 N–H and O–H groups in total. The van der Waals surface area contributed by atoms with Crippen LogP contribution in [-0.2, 0) is 14.6 Å². The van der Waals surface area contributed by atoms with Crippen LogP contribution in [0.15, 0.2) is 41.8 Å². The zero-order valence-electron chi connectivity index (χ0n) is 11.7. The molecule has 1 aliphatic rings. The molecule has 0 spiro atoms. The summed E-state index contributed by atoms with van der Waals surface area (Å²) in [5.41, 5.74) is 0.741. The maximum absolute atomic E-state index is 12.4. The first kappa shape index (κ1) is 14.8. The van der Waals surface area contributed by atoms with E-state index in [4.69, 9.17) is 0 Å². The van der Waals surface area contributed by atoms with Crippen molar-refractivity contribution < 1.29 is 13.2 Å². The first-order chi connectivity index (χ1) is 9.39. The van der Waals surface area contributed by atoms with Gasteiger partial charge in [-0.2, -0.15) is 0 Å². The zero-order valence-corrected chi connectivity index (χ0v) is 12.5. The Balaban J connectivity index is 2.31. The molecule has 0 saturated heterocycles. The molecule has 1 heterocycles. The Labute approximate surface area is 120 Å². The lowest BCUT2D eigenvalue weighted by Gasteiger charge is -2.28. The van der Waals surface area contributed by atoms with Crippen LogP contribution in [0.3, 0.4) is 0 Å². The van der Waals surface area contributed by atoms with Gasteiger partial charge in [0.2, 0.25) is 5.91 Å². The fraction of sp³-hybridized carbons (Fsp3) is 0.400. The topological polar surface area (TPSA) is 54.5 Å². The van der Waals surface area contributed by atoms with Gasteiger partial charge in [0.25, 0.3) is 0 Å². The molecule has 1 aliphatic heterocycles. The summed E-state index contributed by atoms with van der Waals surface area (Å²) in [4.78, 5) is 14.0. The van der Waals surface area contributed by atoms with E-state index in [1.807, 2.05) is 44.2 Å². The monoisotopic (exact) mass is 293 g/mol. The minimum absolute atomic E-state index is 0.0360. The van der Waals surface area contributed by atoms with Gasteiger partial charge in [0.15, 0.2) is 9.84 Å².